The molecule has 0 N–H and O–H groups in total. The monoisotopic (exact) mass is 317 g/mol. The van der Waals surface area contributed by atoms with Crippen LogP contribution < -0.4 is 4.90 Å². The second kappa shape index (κ2) is 6.11. The first-order chi connectivity index (χ1) is 10.6. The van der Waals surface area contributed by atoms with E-state index < -0.39 is 0 Å². The van der Waals surface area contributed by atoms with Gasteiger partial charge in [0, 0.05) is 36.6 Å². The molecule has 0 spiro atoms. The number of halogens is 2. The topological polar surface area (TPSA) is 46.8 Å². The number of aromatic nitrogens is 4. The van der Waals surface area contributed by atoms with E-state index in [0.29, 0.717) is 28.8 Å². The van der Waals surface area contributed by atoms with Gasteiger partial charge in [0.15, 0.2) is 5.82 Å². The molecule has 2 aromatic heterocycles. The maximum Gasteiger partial charge on any atom is 0.173 e. The predicted octanol–water partition coefficient (Wildman–Crippen LogP) is 3.09. The fourth-order valence-electron chi connectivity index (χ4n) is 2.05. The van der Waals surface area contributed by atoms with Crippen LogP contribution in [-0.2, 0) is 6.54 Å². The molecule has 5 nitrogen and oxygen atoms in total. The molecule has 0 aliphatic rings. The van der Waals surface area contributed by atoms with Crippen molar-refractivity contribution in [1.82, 2.24) is 19.7 Å². The summed E-state index contributed by atoms with van der Waals surface area (Å²) in [5.74, 6) is 0.858. The minimum Gasteiger partial charge on any atom is -0.354 e. The second-order valence-electron chi connectivity index (χ2n) is 4.74. The highest BCUT2D eigenvalue weighted by molar-refractivity contribution is 6.31. The van der Waals surface area contributed by atoms with Crippen molar-refractivity contribution in [3.63, 3.8) is 0 Å². The Kier molecular flexibility index (Phi) is 4.02. The van der Waals surface area contributed by atoms with Gasteiger partial charge < -0.3 is 4.90 Å². The fourth-order valence-corrected chi connectivity index (χ4v) is 2.27. The first-order valence-corrected chi connectivity index (χ1v) is 6.99. The van der Waals surface area contributed by atoms with Crippen LogP contribution in [0.5, 0.6) is 0 Å². The lowest BCUT2D eigenvalue weighted by atomic mass is 10.2. The Morgan fingerprint density at radius 2 is 2.14 bits per heavy atom. The number of benzene rings is 1. The molecule has 0 saturated carbocycles. The fraction of sp³-hybridized carbons (Fsp3) is 0.133. The average molecular weight is 318 g/mol. The molecule has 0 atom stereocenters. The van der Waals surface area contributed by atoms with Crippen molar-refractivity contribution in [3.05, 3.63) is 65.5 Å². The van der Waals surface area contributed by atoms with Crippen LogP contribution in [0.4, 0.5) is 10.2 Å². The van der Waals surface area contributed by atoms with Gasteiger partial charge in [-0.3, -0.25) is 4.98 Å². The van der Waals surface area contributed by atoms with Crippen molar-refractivity contribution in [2.45, 2.75) is 6.54 Å². The number of rotatable bonds is 4. The molecule has 112 valence electrons. The van der Waals surface area contributed by atoms with Crippen LogP contribution in [-0.4, -0.2) is 26.8 Å². The minimum absolute atomic E-state index is 0.294. The molecule has 0 fully saturated rings. The zero-order chi connectivity index (χ0) is 15.5. The van der Waals surface area contributed by atoms with Gasteiger partial charge in [0.1, 0.15) is 11.6 Å². The standard InChI is InChI=1S/C15H13ClFN5/c1-21(10-11-12(16)4-2-5-13(11)17)14-8-18-9-15(20-14)22-7-3-6-19-22/h2-9H,10H2,1H3. The maximum atomic E-state index is 13.9. The summed E-state index contributed by atoms with van der Waals surface area (Å²) in [6.45, 7) is 0.294. The van der Waals surface area contributed by atoms with E-state index in [1.807, 2.05) is 0 Å². The Hall–Kier alpha value is -2.47. The molecule has 1 aromatic carbocycles. The van der Waals surface area contributed by atoms with Gasteiger partial charge in [0.05, 0.1) is 12.4 Å². The van der Waals surface area contributed by atoms with Crippen molar-refractivity contribution in [2.75, 3.05) is 11.9 Å². The van der Waals surface area contributed by atoms with Crippen LogP contribution in [0, 0.1) is 5.82 Å². The average Bonchev–Trinajstić information content (AvgIpc) is 3.05. The summed E-state index contributed by atoms with van der Waals surface area (Å²) in [7, 11) is 1.81. The summed E-state index contributed by atoms with van der Waals surface area (Å²) in [6, 6.07) is 6.44. The molecule has 2 heterocycles. The molecule has 3 rings (SSSR count). The van der Waals surface area contributed by atoms with Gasteiger partial charge in [-0.25, -0.2) is 14.1 Å². The van der Waals surface area contributed by atoms with Crippen LogP contribution in [0.1, 0.15) is 5.56 Å². The molecule has 0 unspecified atom stereocenters. The van der Waals surface area contributed by atoms with Gasteiger partial charge in [-0.15, -0.1) is 0 Å². The predicted molar refractivity (Wildman–Crippen MR) is 82.7 cm³/mol. The number of anilines is 1. The highest BCUT2D eigenvalue weighted by atomic mass is 35.5. The van der Waals surface area contributed by atoms with E-state index in [9.17, 15) is 4.39 Å². The number of hydrogen-bond donors (Lipinski definition) is 0. The van der Waals surface area contributed by atoms with Gasteiger partial charge >= 0.3 is 0 Å². The summed E-state index contributed by atoms with van der Waals surface area (Å²) < 4.78 is 15.5. The van der Waals surface area contributed by atoms with Crippen molar-refractivity contribution in [2.24, 2.45) is 0 Å². The molecule has 22 heavy (non-hydrogen) atoms. The quantitative estimate of drug-likeness (QED) is 0.742. The molecule has 0 saturated heterocycles. The molecule has 0 amide bonds. The first-order valence-electron chi connectivity index (χ1n) is 6.61. The van der Waals surface area contributed by atoms with E-state index in [0.717, 1.165) is 0 Å². The molecule has 0 bridgehead atoms. The lowest BCUT2D eigenvalue weighted by Crippen LogP contribution is -2.19. The van der Waals surface area contributed by atoms with E-state index >= 15 is 0 Å². The Labute approximate surface area is 132 Å². The Balaban J connectivity index is 1.87. The zero-order valence-corrected chi connectivity index (χ0v) is 12.6. The van der Waals surface area contributed by atoms with E-state index in [4.69, 9.17) is 11.6 Å². The molecule has 0 aliphatic carbocycles. The maximum absolute atomic E-state index is 13.9. The SMILES string of the molecule is CN(Cc1c(F)cccc1Cl)c1cncc(-n2cccn2)n1. The van der Waals surface area contributed by atoms with E-state index in [2.05, 4.69) is 15.1 Å². The lowest BCUT2D eigenvalue weighted by molar-refractivity contribution is 0.607. The normalized spacial score (nSPS) is 10.7. The lowest BCUT2D eigenvalue weighted by Gasteiger charge is -2.19. The van der Waals surface area contributed by atoms with Crippen molar-refractivity contribution in [3.8, 4) is 5.82 Å². The Morgan fingerprint density at radius 3 is 2.86 bits per heavy atom. The Morgan fingerprint density at radius 1 is 1.27 bits per heavy atom. The summed E-state index contributed by atoms with van der Waals surface area (Å²) in [5.41, 5.74) is 0.429. The van der Waals surface area contributed by atoms with Crippen LogP contribution in [0.25, 0.3) is 5.82 Å². The van der Waals surface area contributed by atoms with Crippen LogP contribution >= 0.6 is 11.6 Å². The number of nitrogens with zero attached hydrogens (tertiary/aromatic N) is 5. The molecule has 7 heteroatoms. The van der Waals surface area contributed by atoms with Crippen LogP contribution in [0.2, 0.25) is 5.02 Å². The minimum atomic E-state index is -0.337. The van der Waals surface area contributed by atoms with Crippen molar-refractivity contribution >= 4 is 17.4 Å². The second-order valence-corrected chi connectivity index (χ2v) is 5.15. The van der Waals surface area contributed by atoms with Gasteiger partial charge in [-0.2, -0.15) is 5.10 Å². The number of hydrogen-bond acceptors (Lipinski definition) is 4. The first kappa shape index (κ1) is 14.5. The zero-order valence-electron chi connectivity index (χ0n) is 11.8. The van der Waals surface area contributed by atoms with E-state index in [-0.39, 0.29) is 5.82 Å². The highest BCUT2D eigenvalue weighted by Crippen LogP contribution is 2.22. The van der Waals surface area contributed by atoms with E-state index in [1.165, 1.54) is 6.07 Å². The molecule has 3 aromatic rings. The smallest absolute Gasteiger partial charge is 0.173 e. The third-order valence-corrected chi connectivity index (χ3v) is 3.55. The van der Waals surface area contributed by atoms with Crippen molar-refractivity contribution in [1.29, 1.82) is 0 Å². The largest absolute Gasteiger partial charge is 0.354 e. The van der Waals surface area contributed by atoms with Crippen LogP contribution in [0.3, 0.4) is 0 Å². The van der Waals surface area contributed by atoms with Crippen LogP contribution in [0.15, 0.2) is 49.1 Å². The molecule has 0 radical (unpaired) electrons. The summed E-state index contributed by atoms with van der Waals surface area (Å²) in [5, 5.41) is 4.51. The third kappa shape index (κ3) is 2.92. The Bertz CT molecular complexity index is 755. The highest BCUT2D eigenvalue weighted by Gasteiger charge is 2.12. The summed E-state index contributed by atoms with van der Waals surface area (Å²) in [6.07, 6.45) is 6.67. The van der Waals surface area contributed by atoms with Gasteiger partial charge in [-0.1, -0.05) is 17.7 Å². The summed E-state index contributed by atoms with van der Waals surface area (Å²) in [4.78, 5) is 10.4. The molecular formula is C15H13ClFN5. The molecular weight excluding hydrogens is 305 g/mol. The summed E-state index contributed by atoms with van der Waals surface area (Å²) >= 11 is 6.06. The van der Waals surface area contributed by atoms with Gasteiger partial charge in [0.25, 0.3) is 0 Å². The molecule has 0 aliphatic heterocycles. The third-order valence-electron chi connectivity index (χ3n) is 3.20. The van der Waals surface area contributed by atoms with E-state index in [1.54, 1.807) is 59.6 Å². The van der Waals surface area contributed by atoms with Gasteiger partial charge in [0.2, 0.25) is 0 Å². The van der Waals surface area contributed by atoms with Crippen molar-refractivity contribution < 1.29 is 4.39 Å². The van der Waals surface area contributed by atoms with Gasteiger partial charge in [-0.05, 0) is 18.2 Å².